The van der Waals surface area contributed by atoms with Crippen LogP contribution >= 0.6 is 0 Å². The molecule has 0 atom stereocenters. The first-order chi connectivity index (χ1) is 11.7. The van der Waals surface area contributed by atoms with E-state index in [4.69, 9.17) is 15.2 Å². The van der Waals surface area contributed by atoms with E-state index in [0.717, 1.165) is 5.69 Å². The van der Waals surface area contributed by atoms with Crippen LogP contribution in [0.25, 0.3) is 5.82 Å². The van der Waals surface area contributed by atoms with Crippen LogP contribution in [0.5, 0.6) is 11.5 Å². The third kappa shape index (κ3) is 3.22. The van der Waals surface area contributed by atoms with Crippen LogP contribution in [-0.4, -0.2) is 33.5 Å². The van der Waals surface area contributed by atoms with Crippen molar-refractivity contribution in [3.05, 3.63) is 42.6 Å². The number of nitrogens with zero attached hydrogens (tertiary/aromatic N) is 4. The predicted octanol–water partition coefficient (Wildman–Crippen LogP) is 2.40. The average molecular weight is 326 g/mol. The maximum atomic E-state index is 5.91. The number of methoxy groups -OCH3 is 1. The first-order valence-corrected chi connectivity index (χ1v) is 7.43. The van der Waals surface area contributed by atoms with Crippen molar-refractivity contribution in [1.82, 2.24) is 19.7 Å². The number of pyridine rings is 1. The number of nitrogens with one attached hydrogen (secondary N) is 1. The minimum absolute atomic E-state index is 0.245. The van der Waals surface area contributed by atoms with Gasteiger partial charge in [-0.05, 0) is 31.2 Å². The highest BCUT2D eigenvalue weighted by molar-refractivity contribution is 5.60. The average Bonchev–Trinajstić information content (AvgIpc) is 2.96. The van der Waals surface area contributed by atoms with Crippen molar-refractivity contribution in [2.24, 2.45) is 0 Å². The van der Waals surface area contributed by atoms with Crippen molar-refractivity contribution >= 4 is 17.6 Å². The van der Waals surface area contributed by atoms with Gasteiger partial charge in [-0.2, -0.15) is 9.67 Å². The fraction of sp³-hybridized carbons (Fsp3) is 0.188. The van der Waals surface area contributed by atoms with Crippen LogP contribution in [0.15, 0.2) is 42.6 Å². The number of benzene rings is 1. The summed E-state index contributed by atoms with van der Waals surface area (Å²) < 4.78 is 12.3. The quantitative estimate of drug-likeness (QED) is 0.717. The molecule has 0 unspecified atom stereocenters. The number of nitrogens with two attached hydrogens (primary N) is 1. The summed E-state index contributed by atoms with van der Waals surface area (Å²) in [6, 6.07) is 11.0. The van der Waals surface area contributed by atoms with Gasteiger partial charge in [0.25, 0.3) is 0 Å². The van der Waals surface area contributed by atoms with E-state index in [1.54, 1.807) is 19.4 Å². The summed E-state index contributed by atoms with van der Waals surface area (Å²) in [5.41, 5.74) is 6.68. The number of hydrogen-bond acceptors (Lipinski definition) is 7. The fourth-order valence-corrected chi connectivity index (χ4v) is 2.18. The molecule has 3 rings (SSSR count). The zero-order valence-corrected chi connectivity index (χ0v) is 13.4. The second-order valence-corrected chi connectivity index (χ2v) is 4.82. The number of hydrogen-bond donors (Lipinski definition) is 2. The molecule has 0 saturated carbocycles. The molecule has 0 bridgehead atoms. The zero-order chi connectivity index (χ0) is 16.9. The van der Waals surface area contributed by atoms with Crippen molar-refractivity contribution in [3.8, 4) is 17.3 Å². The summed E-state index contributed by atoms with van der Waals surface area (Å²) in [6.45, 7) is 2.45. The molecule has 3 aromatic rings. The lowest BCUT2D eigenvalue weighted by molar-refractivity contribution is 0.311. The lowest BCUT2D eigenvalue weighted by Gasteiger charge is -2.11. The van der Waals surface area contributed by atoms with E-state index in [9.17, 15) is 0 Å². The molecule has 0 fully saturated rings. The largest absolute Gasteiger partial charge is 0.493 e. The summed E-state index contributed by atoms with van der Waals surface area (Å²) in [5, 5.41) is 7.43. The Hall–Kier alpha value is -3.29. The molecule has 124 valence electrons. The van der Waals surface area contributed by atoms with Gasteiger partial charge in [-0.15, -0.1) is 5.10 Å². The van der Waals surface area contributed by atoms with Gasteiger partial charge >= 0.3 is 0 Å². The van der Waals surface area contributed by atoms with Gasteiger partial charge in [0.2, 0.25) is 11.9 Å². The summed E-state index contributed by atoms with van der Waals surface area (Å²) in [7, 11) is 1.60. The SMILES string of the molecule is CCOc1cc(Nc2nc(N)n(-c3ccccn3)n2)ccc1OC. The van der Waals surface area contributed by atoms with E-state index in [-0.39, 0.29) is 5.95 Å². The van der Waals surface area contributed by atoms with Crippen LogP contribution in [0.3, 0.4) is 0 Å². The number of nitrogen functional groups attached to an aromatic ring is 1. The minimum Gasteiger partial charge on any atom is -0.493 e. The van der Waals surface area contributed by atoms with Gasteiger partial charge in [0.15, 0.2) is 17.3 Å². The Kier molecular flexibility index (Phi) is 4.46. The lowest BCUT2D eigenvalue weighted by atomic mass is 10.3. The van der Waals surface area contributed by atoms with E-state index in [2.05, 4.69) is 20.4 Å². The highest BCUT2D eigenvalue weighted by Gasteiger charge is 2.11. The topological polar surface area (TPSA) is 100 Å². The first-order valence-electron chi connectivity index (χ1n) is 7.43. The Morgan fingerprint density at radius 1 is 1.21 bits per heavy atom. The maximum Gasteiger partial charge on any atom is 0.248 e. The molecular weight excluding hydrogens is 308 g/mol. The highest BCUT2D eigenvalue weighted by atomic mass is 16.5. The minimum atomic E-state index is 0.245. The molecule has 0 radical (unpaired) electrons. The Labute approximate surface area is 139 Å². The van der Waals surface area contributed by atoms with Crippen molar-refractivity contribution in [2.45, 2.75) is 6.92 Å². The van der Waals surface area contributed by atoms with E-state index in [0.29, 0.717) is 29.9 Å². The molecule has 2 heterocycles. The van der Waals surface area contributed by atoms with Gasteiger partial charge in [0.1, 0.15) is 0 Å². The van der Waals surface area contributed by atoms with Crippen LogP contribution in [0.4, 0.5) is 17.6 Å². The third-order valence-corrected chi connectivity index (χ3v) is 3.22. The molecule has 0 aliphatic rings. The van der Waals surface area contributed by atoms with Crippen LogP contribution in [0.2, 0.25) is 0 Å². The molecule has 0 spiro atoms. The molecular formula is C16H18N6O2. The van der Waals surface area contributed by atoms with Gasteiger partial charge in [0, 0.05) is 18.0 Å². The van der Waals surface area contributed by atoms with Gasteiger partial charge < -0.3 is 20.5 Å². The number of ether oxygens (including phenoxy) is 2. The summed E-state index contributed by atoms with van der Waals surface area (Å²) in [4.78, 5) is 8.41. The number of anilines is 3. The van der Waals surface area contributed by atoms with Crippen molar-refractivity contribution in [3.63, 3.8) is 0 Å². The van der Waals surface area contributed by atoms with Crippen LogP contribution in [0, 0.1) is 0 Å². The molecule has 1 aromatic carbocycles. The highest BCUT2D eigenvalue weighted by Crippen LogP contribution is 2.31. The van der Waals surface area contributed by atoms with Crippen LogP contribution in [0.1, 0.15) is 6.92 Å². The summed E-state index contributed by atoms with van der Waals surface area (Å²) >= 11 is 0. The zero-order valence-electron chi connectivity index (χ0n) is 13.4. The van der Waals surface area contributed by atoms with E-state index in [1.807, 2.05) is 37.3 Å². The van der Waals surface area contributed by atoms with Gasteiger partial charge in [-0.1, -0.05) is 6.07 Å². The second-order valence-electron chi connectivity index (χ2n) is 4.82. The molecule has 24 heavy (non-hydrogen) atoms. The molecule has 0 aliphatic carbocycles. The van der Waals surface area contributed by atoms with Crippen molar-refractivity contribution in [1.29, 1.82) is 0 Å². The normalized spacial score (nSPS) is 10.4. The summed E-state index contributed by atoms with van der Waals surface area (Å²) in [5.74, 6) is 2.51. The molecule has 8 heteroatoms. The molecule has 0 aliphatic heterocycles. The third-order valence-electron chi connectivity index (χ3n) is 3.22. The smallest absolute Gasteiger partial charge is 0.248 e. The monoisotopic (exact) mass is 326 g/mol. The van der Waals surface area contributed by atoms with Crippen molar-refractivity contribution in [2.75, 3.05) is 24.8 Å². The van der Waals surface area contributed by atoms with Gasteiger partial charge in [0.05, 0.1) is 13.7 Å². The Bertz CT molecular complexity index is 819. The van der Waals surface area contributed by atoms with Crippen LogP contribution < -0.4 is 20.5 Å². The Morgan fingerprint density at radius 3 is 2.79 bits per heavy atom. The molecule has 8 nitrogen and oxygen atoms in total. The standard InChI is InChI=1S/C16H18N6O2/c1-3-24-13-10-11(7-8-12(13)23-2)19-16-20-15(17)22(21-16)14-6-4-5-9-18-14/h4-10H,3H2,1-2H3,(H3,17,19,20,21). The van der Waals surface area contributed by atoms with E-state index in [1.165, 1.54) is 4.68 Å². The van der Waals surface area contributed by atoms with Crippen LogP contribution in [-0.2, 0) is 0 Å². The lowest BCUT2D eigenvalue weighted by Crippen LogP contribution is -2.04. The van der Waals surface area contributed by atoms with Crippen molar-refractivity contribution < 1.29 is 9.47 Å². The summed E-state index contributed by atoms with van der Waals surface area (Å²) in [6.07, 6.45) is 1.67. The maximum absolute atomic E-state index is 5.91. The molecule has 0 amide bonds. The first kappa shape index (κ1) is 15.6. The Morgan fingerprint density at radius 2 is 2.08 bits per heavy atom. The van der Waals surface area contributed by atoms with E-state index < -0.39 is 0 Å². The molecule has 0 saturated heterocycles. The molecule has 2 aromatic heterocycles. The Balaban J connectivity index is 1.85. The number of aromatic nitrogens is 4. The van der Waals surface area contributed by atoms with E-state index >= 15 is 0 Å². The van der Waals surface area contributed by atoms with Gasteiger partial charge in [-0.25, -0.2) is 4.98 Å². The number of rotatable bonds is 6. The molecule has 3 N–H and O–H groups in total. The second kappa shape index (κ2) is 6.86. The fourth-order valence-electron chi connectivity index (χ4n) is 2.18. The predicted molar refractivity (Wildman–Crippen MR) is 91.0 cm³/mol. The van der Waals surface area contributed by atoms with Gasteiger partial charge in [-0.3, -0.25) is 0 Å².